The molecule has 1 aliphatic rings. The molecule has 1 saturated carbocycles. The Kier molecular flexibility index (Phi) is 1.85. The molecule has 11 heavy (non-hydrogen) atoms. The highest BCUT2D eigenvalue weighted by molar-refractivity contribution is 5.89. The minimum atomic E-state index is -0.856. The Balaban J connectivity index is 2.44. The van der Waals surface area contributed by atoms with E-state index in [-0.39, 0.29) is 11.8 Å². The predicted molar refractivity (Wildman–Crippen MR) is 37.9 cm³/mol. The summed E-state index contributed by atoms with van der Waals surface area (Å²) in [7, 11) is 3.28. The fourth-order valence-corrected chi connectivity index (χ4v) is 1.07. The molecule has 0 aromatic heterocycles. The van der Waals surface area contributed by atoms with Crippen molar-refractivity contribution in [2.75, 3.05) is 14.1 Å². The summed E-state index contributed by atoms with van der Waals surface area (Å²) in [5, 5.41) is 8.48. The molecule has 1 N–H and O–H groups in total. The molecule has 0 aromatic rings. The summed E-state index contributed by atoms with van der Waals surface area (Å²) in [5.74, 6) is -1.62. The molecule has 4 nitrogen and oxygen atoms in total. The van der Waals surface area contributed by atoms with Crippen LogP contribution in [0.2, 0.25) is 0 Å². The minimum Gasteiger partial charge on any atom is -0.481 e. The van der Waals surface area contributed by atoms with Gasteiger partial charge in [0.1, 0.15) is 0 Å². The first-order valence-corrected chi connectivity index (χ1v) is 3.48. The largest absolute Gasteiger partial charge is 0.481 e. The van der Waals surface area contributed by atoms with Crippen molar-refractivity contribution < 1.29 is 14.7 Å². The molecular formula is C7H11NO3. The average Bonchev–Trinajstić information content (AvgIpc) is 2.63. The molecule has 0 unspecified atom stereocenters. The van der Waals surface area contributed by atoms with E-state index in [1.807, 2.05) is 0 Å². The van der Waals surface area contributed by atoms with E-state index in [1.165, 1.54) is 4.90 Å². The first-order chi connectivity index (χ1) is 5.04. The maximum Gasteiger partial charge on any atom is 0.307 e. The number of hydrogen-bond donors (Lipinski definition) is 1. The smallest absolute Gasteiger partial charge is 0.307 e. The number of carbonyl (C=O) groups excluding carboxylic acids is 1. The second kappa shape index (κ2) is 2.53. The molecule has 1 aliphatic carbocycles. The van der Waals surface area contributed by atoms with Crippen LogP contribution in [0.4, 0.5) is 0 Å². The quantitative estimate of drug-likeness (QED) is 0.603. The Bertz CT molecular complexity index is 200. The Morgan fingerprint density at radius 2 is 1.91 bits per heavy atom. The van der Waals surface area contributed by atoms with Gasteiger partial charge in [-0.3, -0.25) is 9.59 Å². The number of nitrogens with zero attached hydrogens (tertiary/aromatic N) is 1. The van der Waals surface area contributed by atoms with Crippen LogP contribution in [-0.4, -0.2) is 36.0 Å². The highest BCUT2D eigenvalue weighted by Gasteiger charge is 2.48. The first-order valence-electron chi connectivity index (χ1n) is 3.48. The highest BCUT2D eigenvalue weighted by atomic mass is 16.4. The van der Waals surface area contributed by atoms with Crippen LogP contribution < -0.4 is 0 Å². The number of carboxylic acids is 1. The highest BCUT2D eigenvalue weighted by Crippen LogP contribution is 2.39. The summed E-state index contributed by atoms with van der Waals surface area (Å²) in [6.07, 6.45) is 0.506. The summed E-state index contributed by atoms with van der Waals surface area (Å²) in [5.41, 5.74) is 0. The molecule has 0 heterocycles. The molecule has 1 amide bonds. The third-order valence-electron chi connectivity index (χ3n) is 1.87. The van der Waals surface area contributed by atoms with Gasteiger partial charge < -0.3 is 10.0 Å². The van der Waals surface area contributed by atoms with E-state index in [0.717, 1.165) is 0 Å². The topological polar surface area (TPSA) is 57.6 Å². The van der Waals surface area contributed by atoms with Gasteiger partial charge in [0.05, 0.1) is 11.8 Å². The average molecular weight is 157 g/mol. The molecule has 0 aromatic carbocycles. The number of hydrogen-bond acceptors (Lipinski definition) is 2. The van der Waals surface area contributed by atoms with E-state index in [9.17, 15) is 9.59 Å². The molecule has 0 aliphatic heterocycles. The van der Waals surface area contributed by atoms with Gasteiger partial charge in [0.25, 0.3) is 0 Å². The summed E-state index contributed by atoms with van der Waals surface area (Å²) < 4.78 is 0. The zero-order chi connectivity index (χ0) is 8.59. The van der Waals surface area contributed by atoms with Crippen LogP contribution in [0.5, 0.6) is 0 Å². The number of aliphatic carboxylic acids is 1. The maximum atomic E-state index is 11.1. The van der Waals surface area contributed by atoms with Gasteiger partial charge >= 0.3 is 5.97 Å². The number of rotatable bonds is 2. The standard InChI is InChI=1S/C7H11NO3/c1-8(2)6(9)4-3-5(4)7(10)11/h4-5H,3H2,1-2H3,(H,10,11)/t4-,5-/m1/s1. The monoisotopic (exact) mass is 157 g/mol. The molecule has 4 heteroatoms. The van der Waals surface area contributed by atoms with Crippen LogP contribution in [0.3, 0.4) is 0 Å². The van der Waals surface area contributed by atoms with E-state index >= 15 is 0 Å². The van der Waals surface area contributed by atoms with Crippen molar-refractivity contribution in [1.29, 1.82) is 0 Å². The fraction of sp³-hybridized carbons (Fsp3) is 0.714. The van der Waals surface area contributed by atoms with Crippen molar-refractivity contribution in [3.05, 3.63) is 0 Å². The van der Waals surface area contributed by atoms with E-state index in [4.69, 9.17) is 5.11 Å². The Morgan fingerprint density at radius 3 is 2.18 bits per heavy atom. The van der Waals surface area contributed by atoms with Crippen LogP contribution in [-0.2, 0) is 9.59 Å². The second-order valence-corrected chi connectivity index (χ2v) is 3.02. The van der Waals surface area contributed by atoms with Crippen LogP contribution in [0, 0.1) is 11.8 Å². The third kappa shape index (κ3) is 1.50. The normalized spacial score (nSPS) is 27.8. The van der Waals surface area contributed by atoms with Gasteiger partial charge in [-0.2, -0.15) is 0 Å². The van der Waals surface area contributed by atoms with Gasteiger partial charge in [-0.05, 0) is 6.42 Å². The van der Waals surface area contributed by atoms with Crippen molar-refractivity contribution in [2.24, 2.45) is 11.8 Å². The van der Waals surface area contributed by atoms with E-state index < -0.39 is 11.9 Å². The summed E-state index contributed by atoms with van der Waals surface area (Å²) in [4.78, 5) is 22.8. The lowest BCUT2D eigenvalue weighted by Gasteiger charge is -2.08. The van der Waals surface area contributed by atoms with Crippen LogP contribution >= 0.6 is 0 Å². The van der Waals surface area contributed by atoms with Gasteiger partial charge in [0, 0.05) is 14.1 Å². The number of carboxylic acid groups (broad SMARTS) is 1. The Hall–Kier alpha value is -1.06. The summed E-state index contributed by atoms with van der Waals surface area (Å²) in [6, 6.07) is 0. The van der Waals surface area contributed by atoms with Gasteiger partial charge in [-0.25, -0.2) is 0 Å². The summed E-state index contributed by atoms with van der Waals surface area (Å²) >= 11 is 0. The second-order valence-electron chi connectivity index (χ2n) is 3.02. The lowest BCUT2D eigenvalue weighted by atomic mass is 10.3. The van der Waals surface area contributed by atoms with E-state index in [0.29, 0.717) is 6.42 Å². The lowest BCUT2D eigenvalue weighted by Crippen LogP contribution is -2.24. The van der Waals surface area contributed by atoms with Crippen molar-refractivity contribution in [2.45, 2.75) is 6.42 Å². The van der Waals surface area contributed by atoms with Gasteiger partial charge in [0.2, 0.25) is 5.91 Å². The molecule has 2 atom stereocenters. The SMILES string of the molecule is CN(C)C(=O)[C@@H]1C[C@H]1C(=O)O. The van der Waals surface area contributed by atoms with Gasteiger partial charge in [-0.1, -0.05) is 0 Å². The van der Waals surface area contributed by atoms with Gasteiger partial charge in [-0.15, -0.1) is 0 Å². The number of carbonyl (C=O) groups is 2. The molecule has 0 bridgehead atoms. The van der Waals surface area contributed by atoms with Crippen LogP contribution in [0.25, 0.3) is 0 Å². The Labute approximate surface area is 64.8 Å². The predicted octanol–water partition coefficient (Wildman–Crippen LogP) is -0.205. The maximum absolute atomic E-state index is 11.1. The van der Waals surface area contributed by atoms with E-state index in [2.05, 4.69) is 0 Å². The number of amides is 1. The zero-order valence-corrected chi connectivity index (χ0v) is 6.57. The van der Waals surface area contributed by atoms with Crippen molar-refractivity contribution in [3.8, 4) is 0 Å². The summed E-state index contributed by atoms with van der Waals surface area (Å²) in [6.45, 7) is 0. The van der Waals surface area contributed by atoms with E-state index in [1.54, 1.807) is 14.1 Å². The van der Waals surface area contributed by atoms with Gasteiger partial charge in [0.15, 0.2) is 0 Å². The van der Waals surface area contributed by atoms with Crippen molar-refractivity contribution >= 4 is 11.9 Å². The minimum absolute atomic E-state index is 0.0719. The van der Waals surface area contributed by atoms with Crippen LogP contribution in [0.15, 0.2) is 0 Å². The van der Waals surface area contributed by atoms with Crippen molar-refractivity contribution in [1.82, 2.24) is 4.90 Å². The molecule has 1 rings (SSSR count). The zero-order valence-electron chi connectivity index (χ0n) is 6.57. The Morgan fingerprint density at radius 1 is 1.36 bits per heavy atom. The third-order valence-corrected chi connectivity index (χ3v) is 1.87. The van der Waals surface area contributed by atoms with Crippen LogP contribution in [0.1, 0.15) is 6.42 Å². The molecular weight excluding hydrogens is 146 g/mol. The molecule has 0 saturated heterocycles. The molecule has 0 spiro atoms. The van der Waals surface area contributed by atoms with Crippen molar-refractivity contribution in [3.63, 3.8) is 0 Å². The molecule has 1 fully saturated rings. The first kappa shape index (κ1) is 8.04. The lowest BCUT2D eigenvalue weighted by molar-refractivity contribution is -0.141. The molecule has 0 radical (unpaired) electrons. The fourth-order valence-electron chi connectivity index (χ4n) is 1.07. The molecule has 62 valence electrons.